The fourth-order valence-corrected chi connectivity index (χ4v) is 4.37. The van der Waals surface area contributed by atoms with E-state index in [1.54, 1.807) is 12.1 Å². The Bertz CT molecular complexity index is 1230. The lowest BCUT2D eigenvalue weighted by atomic mass is 10.0. The average Bonchev–Trinajstić information content (AvgIpc) is 3.42. The Morgan fingerprint density at radius 2 is 1.84 bits per heavy atom. The number of H-pyrrole nitrogens is 1. The van der Waals surface area contributed by atoms with Crippen LogP contribution >= 0.6 is 34.5 Å². The van der Waals surface area contributed by atoms with Gasteiger partial charge in [-0.05, 0) is 35.2 Å². The van der Waals surface area contributed by atoms with Crippen molar-refractivity contribution in [1.29, 1.82) is 0 Å². The quantitative estimate of drug-likeness (QED) is 0.293. The summed E-state index contributed by atoms with van der Waals surface area (Å²) in [5.41, 5.74) is 8.27. The molecule has 158 valence electrons. The van der Waals surface area contributed by atoms with Crippen LogP contribution in [0, 0.1) is 0 Å². The van der Waals surface area contributed by atoms with Crippen LogP contribution < -0.4 is 16.4 Å². The van der Waals surface area contributed by atoms with E-state index in [-0.39, 0.29) is 21.6 Å². The monoisotopic (exact) mass is 472 g/mol. The van der Waals surface area contributed by atoms with Crippen LogP contribution in [0.5, 0.6) is 0 Å². The molecule has 0 unspecified atom stereocenters. The van der Waals surface area contributed by atoms with E-state index < -0.39 is 11.9 Å². The summed E-state index contributed by atoms with van der Waals surface area (Å²) in [6.45, 7) is 0. The second-order valence-corrected chi connectivity index (χ2v) is 8.67. The highest BCUT2D eigenvalue weighted by molar-refractivity contribution is 7.12. The van der Waals surface area contributed by atoms with E-state index in [4.69, 9.17) is 28.9 Å². The van der Waals surface area contributed by atoms with Crippen LogP contribution in [-0.4, -0.2) is 22.8 Å². The van der Waals surface area contributed by atoms with Crippen molar-refractivity contribution >= 4 is 68.6 Å². The van der Waals surface area contributed by atoms with Crippen molar-refractivity contribution in [2.45, 2.75) is 12.5 Å². The number of anilines is 2. The number of rotatable bonds is 6. The molecular formula is C22H18Cl2N4O2S. The van der Waals surface area contributed by atoms with Crippen LogP contribution in [0.2, 0.25) is 10.0 Å². The lowest BCUT2D eigenvalue weighted by molar-refractivity contribution is -0.118. The summed E-state index contributed by atoms with van der Waals surface area (Å²) < 4.78 is 0. The molecule has 9 heteroatoms. The first-order chi connectivity index (χ1) is 14.9. The van der Waals surface area contributed by atoms with Crippen LogP contribution in [0.4, 0.5) is 11.4 Å². The standard InChI is InChI=1S/C22H18Cl2N4O2S/c23-15-9-13(10-16(24)20(15)25)27-21(29)18(28-22(30)19-6-3-7-31-19)8-12-11-26-17-5-2-1-4-14(12)17/h1-7,9-11,18,26H,8,25H2,(H,27,29)(H,28,30)/t18-/m0/s1. The Morgan fingerprint density at radius 1 is 1.10 bits per heavy atom. The summed E-state index contributed by atoms with van der Waals surface area (Å²) >= 11 is 13.5. The smallest absolute Gasteiger partial charge is 0.262 e. The number of carbonyl (C=O) groups is 2. The van der Waals surface area contributed by atoms with E-state index in [9.17, 15) is 9.59 Å². The molecule has 6 nitrogen and oxygen atoms in total. The van der Waals surface area contributed by atoms with Gasteiger partial charge in [-0.25, -0.2) is 0 Å². The molecule has 0 aliphatic carbocycles. The Kier molecular flexibility index (Phi) is 6.18. The molecule has 4 rings (SSSR count). The maximum Gasteiger partial charge on any atom is 0.262 e. The lowest BCUT2D eigenvalue weighted by Gasteiger charge is -2.18. The molecule has 2 aromatic carbocycles. The number of nitrogens with two attached hydrogens (primary N) is 1. The minimum Gasteiger partial charge on any atom is -0.396 e. The minimum atomic E-state index is -0.830. The van der Waals surface area contributed by atoms with Gasteiger partial charge in [-0.1, -0.05) is 47.5 Å². The molecule has 0 aliphatic rings. The zero-order valence-corrected chi connectivity index (χ0v) is 18.4. The number of fused-ring (bicyclic) bond motifs is 1. The van der Waals surface area contributed by atoms with Gasteiger partial charge in [0.1, 0.15) is 6.04 Å². The Morgan fingerprint density at radius 3 is 2.55 bits per heavy atom. The number of amides is 2. The highest BCUT2D eigenvalue weighted by Crippen LogP contribution is 2.31. The molecule has 5 N–H and O–H groups in total. The number of aromatic nitrogens is 1. The predicted octanol–water partition coefficient (Wildman–Crippen LogP) is 5.10. The molecule has 0 radical (unpaired) electrons. The molecule has 2 amide bonds. The number of nitrogen functional groups attached to an aromatic ring is 1. The molecule has 0 bridgehead atoms. The van der Waals surface area contributed by atoms with Crippen LogP contribution in [-0.2, 0) is 11.2 Å². The summed E-state index contributed by atoms with van der Waals surface area (Å²) in [4.78, 5) is 29.5. The minimum absolute atomic E-state index is 0.235. The van der Waals surface area contributed by atoms with E-state index in [0.29, 0.717) is 17.0 Å². The Hall–Kier alpha value is -3.00. The van der Waals surface area contributed by atoms with Gasteiger partial charge in [0.2, 0.25) is 5.91 Å². The molecule has 4 aromatic rings. The van der Waals surface area contributed by atoms with Gasteiger partial charge >= 0.3 is 0 Å². The number of halogens is 2. The number of hydrogen-bond acceptors (Lipinski definition) is 4. The van der Waals surface area contributed by atoms with Gasteiger partial charge < -0.3 is 21.4 Å². The first kappa shape index (κ1) is 21.2. The van der Waals surface area contributed by atoms with E-state index in [0.717, 1.165) is 16.5 Å². The predicted molar refractivity (Wildman–Crippen MR) is 127 cm³/mol. The number of hydrogen-bond donors (Lipinski definition) is 4. The number of carbonyl (C=O) groups excluding carboxylic acids is 2. The highest BCUT2D eigenvalue weighted by Gasteiger charge is 2.24. The maximum atomic E-state index is 13.1. The third-order valence-corrected chi connectivity index (χ3v) is 6.31. The van der Waals surface area contributed by atoms with Crippen molar-refractivity contribution in [3.05, 3.63) is 80.6 Å². The third kappa shape index (κ3) is 4.69. The van der Waals surface area contributed by atoms with Crippen LogP contribution in [0.25, 0.3) is 10.9 Å². The van der Waals surface area contributed by atoms with Gasteiger partial charge in [-0.15, -0.1) is 11.3 Å². The second-order valence-electron chi connectivity index (χ2n) is 6.91. The number of nitrogens with one attached hydrogen (secondary N) is 3. The summed E-state index contributed by atoms with van der Waals surface area (Å²) in [5.74, 6) is -0.713. The maximum absolute atomic E-state index is 13.1. The fraction of sp³-hybridized carbons (Fsp3) is 0.0909. The fourth-order valence-electron chi connectivity index (χ4n) is 3.25. The van der Waals surface area contributed by atoms with E-state index in [1.807, 2.05) is 35.8 Å². The van der Waals surface area contributed by atoms with Gasteiger partial charge in [0.15, 0.2) is 0 Å². The van der Waals surface area contributed by atoms with Gasteiger partial charge in [-0.3, -0.25) is 9.59 Å². The molecule has 0 saturated carbocycles. The average molecular weight is 473 g/mol. The van der Waals surface area contributed by atoms with Crippen LogP contribution in [0.15, 0.2) is 60.1 Å². The summed E-state index contributed by atoms with van der Waals surface area (Å²) in [6, 6.07) is 13.5. The molecule has 0 fully saturated rings. The van der Waals surface area contributed by atoms with Gasteiger partial charge in [0.05, 0.1) is 20.6 Å². The normalized spacial score (nSPS) is 11.9. The van der Waals surface area contributed by atoms with Crippen LogP contribution in [0.3, 0.4) is 0 Å². The molecule has 2 heterocycles. The molecule has 1 atom stereocenters. The summed E-state index contributed by atoms with van der Waals surface area (Å²) in [5, 5.41) is 8.88. The van der Waals surface area contributed by atoms with Gasteiger partial charge in [0.25, 0.3) is 5.91 Å². The van der Waals surface area contributed by atoms with E-state index in [1.165, 1.54) is 23.5 Å². The zero-order valence-electron chi connectivity index (χ0n) is 16.1. The van der Waals surface area contributed by atoms with E-state index >= 15 is 0 Å². The van der Waals surface area contributed by atoms with Gasteiger partial charge in [0, 0.05) is 29.2 Å². The first-order valence-electron chi connectivity index (χ1n) is 9.37. The molecule has 31 heavy (non-hydrogen) atoms. The first-order valence-corrected chi connectivity index (χ1v) is 11.0. The zero-order chi connectivity index (χ0) is 22.0. The van der Waals surface area contributed by atoms with Crippen LogP contribution in [0.1, 0.15) is 15.2 Å². The Balaban J connectivity index is 1.61. The summed E-state index contributed by atoms with van der Waals surface area (Å²) in [6.07, 6.45) is 2.14. The summed E-state index contributed by atoms with van der Waals surface area (Å²) in [7, 11) is 0. The molecule has 2 aromatic heterocycles. The van der Waals surface area contributed by atoms with Crippen molar-refractivity contribution in [2.75, 3.05) is 11.1 Å². The number of para-hydroxylation sites is 1. The Labute approximate surface area is 192 Å². The SMILES string of the molecule is Nc1c(Cl)cc(NC(=O)[C@H](Cc2c[nH]c3ccccc23)NC(=O)c2cccs2)cc1Cl. The topological polar surface area (TPSA) is 100 Å². The third-order valence-electron chi connectivity index (χ3n) is 4.81. The van der Waals surface area contributed by atoms with Crippen molar-refractivity contribution in [3.63, 3.8) is 0 Å². The largest absolute Gasteiger partial charge is 0.396 e. The van der Waals surface area contributed by atoms with Crippen molar-refractivity contribution in [2.24, 2.45) is 0 Å². The van der Waals surface area contributed by atoms with Crippen molar-refractivity contribution < 1.29 is 9.59 Å². The van der Waals surface area contributed by atoms with Crippen molar-refractivity contribution in [3.8, 4) is 0 Å². The number of aromatic amines is 1. The molecule has 0 aliphatic heterocycles. The number of thiophene rings is 1. The van der Waals surface area contributed by atoms with E-state index in [2.05, 4.69) is 15.6 Å². The van der Waals surface area contributed by atoms with Crippen molar-refractivity contribution in [1.82, 2.24) is 10.3 Å². The lowest BCUT2D eigenvalue weighted by Crippen LogP contribution is -2.45. The second kappa shape index (κ2) is 9.01. The van der Waals surface area contributed by atoms with Gasteiger partial charge in [-0.2, -0.15) is 0 Å². The molecule has 0 spiro atoms. The molecule has 0 saturated heterocycles. The molecular weight excluding hydrogens is 455 g/mol. The highest BCUT2D eigenvalue weighted by atomic mass is 35.5. The number of benzene rings is 2.